The summed E-state index contributed by atoms with van der Waals surface area (Å²) in [5.41, 5.74) is 4.44. The van der Waals surface area contributed by atoms with Crippen LogP contribution < -0.4 is 9.62 Å². The van der Waals surface area contributed by atoms with Crippen LogP contribution >= 0.6 is 23.2 Å². The zero-order chi connectivity index (χ0) is 31.1. The first-order valence-corrected chi connectivity index (χ1v) is 16.9. The number of hydrogen-bond acceptors (Lipinski definition) is 6. The van der Waals surface area contributed by atoms with Crippen molar-refractivity contribution in [1.29, 1.82) is 0 Å². The summed E-state index contributed by atoms with van der Waals surface area (Å²) < 4.78 is 26.8. The minimum absolute atomic E-state index is 0.00361. The Kier molecular flexibility index (Phi) is 10.3. The van der Waals surface area contributed by atoms with Gasteiger partial charge in [0.25, 0.3) is 0 Å². The van der Waals surface area contributed by atoms with E-state index >= 15 is 0 Å². The van der Waals surface area contributed by atoms with Crippen molar-refractivity contribution in [3.63, 3.8) is 0 Å². The van der Waals surface area contributed by atoms with Crippen LogP contribution in [0.2, 0.25) is 10.0 Å². The largest absolute Gasteiger partial charge is 0.295 e. The molecule has 5 rings (SSSR count). The number of hydrogen-bond donors (Lipinski definition) is 1. The highest BCUT2D eigenvalue weighted by Crippen LogP contribution is 2.36. The molecule has 4 aromatic rings. The van der Waals surface area contributed by atoms with E-state index in [1.165, 1.54) is 0 Å². The number of aryl methyl sites for hydroxylation is 1. The van der Waals surface area contributed by atoms with Gasteiger partial charge in [0.1, 0.15) is 0 Å². The molecule has 1 aliphatic heterocycles. The van der Waals surface area contributed by atoms with E-state index in [0.717, 1.165) is 29.7 Å². The number of carbonyl (C=O) groups excluding carboxylic acids is 2. The maximum Gasteiger partial charge on any atom is 0.239 e. The van der Waals surface area contributed by atoms with Gasteiger partial charge in [-0.25, -0.2) is 18.4 Å². The van der Waals surface area contributed by atoms with Gasteiger partial charge in [-0.05, 0) is 42.7 Å². The molecule has 2 heterocycles. The highest BCUT2D eigenvalue weighted by Gasteiger charge is 2.29. The fourth-order valence-electron chi connectivity index (χ4n) is 5.14. The molecule has 1 aliphatic rings. The average molecular weight is 652 g/mol. The third-order valence-electron chi connectivity index (χ3n) is 7.32. The second-order valence-electron chi connectivity index (χ2n) is 10.7. The van der Waals surface area contributed by atoms with E-state index in [0.29, 0.717) is 65.0 Å². The van der Waals surface area contributed by atoms with Gasteiger partial charge >= 0.3 is 0 Å². The molecule has 0 fully saturated rings. The number of aromatic nitrogens is 2. The zero-order valence-electron chi connectivity index (χ0n) is 24.0. The van der Waals surface area contributed by atoms with Crippen molar-refractivity contribution in [1.82, 2.24) is 14.7 Å². The summed E-state index contributed by atoms with van der Waals surface area (Å²) >= 11 is 12.3. The Morgan fingerprint density at radius 1 is 0.773 bits per heavy atom. The third-order valence-corrected chi connectivity index (χ3v) is 9.08. The zero-order valence-corrected chi connectivity index (χ0v) is 26.3. The van der Waals surface area contributed by atoms with E-state index in [1.54, 1.807) is 47.4 Å². The first-order chi connectivity index (χ1) is 21.2. The van der Waals surface area contributed by atoms with E-state index in [-0.39, 0.29) is 18.1 Å². The standard InChI is InChI=1S/C33H32Cl2N4O4S/c34-26-15-11-24(12-16-26)31-32(25-13-17-27(35)18-14-25)37-33-28(36-31)19-20-30(41)39(33)21-7-2-1-6-10-29(40)38-44(42,43)22-23-8-4-3-5-9-23/h3-5,8-9,11-18H,1-2,6-7,10,19-22H2,(H,38,40). The Labute approximate surface area is 267 Å². The second-order valence-corrected chi connectivity index (χ2v) is 13.3. The number of amides is 2. The van der Waals surface area contributed by atoms with Crippen molar-refractivity contribution < 1.29 is 18.0 Å². The summed E-state index contributed by atoms with van der Waals surface area (Å²) in [7, 11) is -3.75. The van der Waals surface area contributed by atoms with E-state index < -0.39 is 15.9 Å². The van der Waals surface area contributed by atoms with Gasteiger partial charge in [-0.15, -0.1) is 0 Å². The van der Waals surface area contributed by atoms with E-state index in [2.05, 4.69) is 4.72 Å². The summed E-state index contributed by atoms with van der Waals surface area (Å²) in [6.07, 6.45) is 3.70. The molecular formula is C33H32Cl2N4O4S. The van der Waals surface area contributed by atoms with Crippen molar-refractivity contribution in [3.8, 4) is 22.5 Å². The van der Waals surface area contributed by atoms with Crippen LogP contribution in [0.25, 0.3) is 22.5 Å². The number of fused-ring (bicyclic) bond motifs is 1. The molecule has 0 atom stereocenters. The van der Waals surface area contributed by atoms with Gasteiger partial charge in [0.2, 0.25) is 21.8 Å². The predicted octanol–water partition coefficient (Wildman–Crippen LogP) is 6.99. The van der Waals surface area contributed by atoms with Crippen LogP contribution in [0.15, 0.2) is 78.9 Å². The average Bonchev–Trinajstić information content (AvgIpc) is 3.00. The Bertz CT molecular complexity index is 1730. The number of nitrogens with one attached hydrogen (secondary N) is 1. The van der Waals surface area contributed by atoms with Gasteiger partial charge in [-0.1, -0.05) is 90.6 Å². The van der Waals surface area contributed by atoms with E-state index in [4.69, 9.17) is 33.2 Å². The first kappa shape index (κ1) is 31.6. The smallest absolute Gasteiger partial charge is 0.239 e. The van der Waals surface area contributed by atoms with Crippen molar-refractivity contribution in [2.45, 2.75) is 50.7 Å². The molecule has 0 unspecified atom stereocenters. The lowest BCUT2D eigenvalue weighted by Crippen LogP contribution is -2.37. The normalized spacial score (nSPS) is 13.0. The fourth-order valence-corrected chi connectivity index (χ4v) is 6.54. The van der Waals surface area contributed by atoms with E-state index in [9.17, 15) is 18.0 Å². The van der Waals surface area contributed by atoms with Crippen LogP contribution in [0, 0.1) is 0 Å². The molecule has 228 valence electrons. The molecule has 3 aromatic carbocycles. The number of halogens is 2. The summed E-state index contributed by atoms with van der Waals surface area (Å²) in [5, 5.41) is 1.23. The predicted molar refractivity (Wildman–Crippen MR) is 174 cm³/mol. The lowest BCUT2D eigenvalue weighted by molar-refractivity contribution is -0.120. The highest BCUT2D eigenvalue weighted by atomic mass is 35.5. The number of unbranched alkanes of at least 4 members (excludes halogenated alkanes) is 3. The van der Waals surface area contributed by atoms with Gasteiger partial charge in [-0.3, -0.25) is 19.2 Å². The summed E-state index contributed by atoms with van der Waals surface area (Å²) in [5.74, 6) is -0.195. The number of sulfonamides is 1. The van der Waals surface area contributed by atoms with Crippen LogP contribution in [0.5, 0.6) is 0 Å². The number of carbonyl (C=O) groups is 2. The highest BCUT2D eigenvalue weighted by molar-refractivity contribution is 7.89. The lowest BCUT2D eigenvalue weighted by Gasteiger charge is -2.29. The maximum atomic E-state index is 13.0. The van der Waals surface area contributed by atoms with Crippen LogP contribution in [-0.4, -0.2) is 36.7 Å². The molecule has 1 aromatic heterocycles. The SMILES string of the molecule is O=C(CCCCCCN1C(=O)CCc2nc(-c3ccc(Cl)cc3)c(-c3ccc(Cl)cc3)nc21)NS(=O)(=O)Cc1ccccc1. The van der Waals surface area contributed by atoms with Gasteiger partial charge in [0, 0.05) is 47.0 Å². The van der Waals surface area contributed by atoms with Crippen LogP contribution in [-0.2, 0) is 31.8 Å². The Hall–Kier alpha value is -3.79. The Morgan fingerprint density at radius 3 is 2.00 bits per heavy atom. The van der Waals surface area contributed by atoms with Gasteiger partial charge in [0.05, 0.1) is 22.8 Å². The molecule has 0 bridgehead atoms. The van der Waals surface area contributed by atoms with E-state index in [1.807, 2.05) is 36.4 Å². The van der Waals surface area contributed by atoms with Crippen molar-refractivity contribution in [2.75, 3.05) is 11.4 Å². The van der Waals surface area contributed by atoms with Crippen molar-refractivity contribution in [3.05, 3.63) is 100 Å². The molecule has 11 heteroatoms. The number of nitrogens with zero attached hydrogens (tertiary/aromatic N) is 3. The monoisotopic (exact) mass is 650 g/mol. The first-order valence-electron chi connectivity index (χ1n) is 14.5. The van der Waals surface area contributed by atoms with Crippen LogP contribution in [0.3, 0.4) is 0 Å². The minimum Gasteiger partial charge on any atom is -0.295 e. The summed E-state index contributed by atoms with van der Waals surface area (Å²) in [4.78, 5) is 37.0. The molecule has 0 radical (unpaired) electrons. The second kappa shape index (κ2) is 14.3. The van der Waals surface area contributed by atoms with Crippen molar-refractivity contribution >= 4 is 50.9 Å². The lowest BCUT2D eigenvalue weighted by atomic mass is 10.0. The Morgan fingerprint density at radius 2 is 1.36 bits per heavy atom. The molecule has 8 nitrogen and oxygen atoms in total. The number of rotatable bonds is 12. The molecular weight excluding hydrogens is 619 g/mol. The summed E-state index contributed by atoms with van der Waals surface area (Å²) in [6.45, 7) is 0.471. The molecule has 0 saturated heterocycles. The molecule has 1 N–H and O–H groups in total. The molecule has 0 aliphatic carbocycles. The molecule has 0 saturated carbocycles. The van der Waals surface area contributed by atoms with Crippen molar-refractivity contribution in [2.24, 2.45) is 0 Å². The topological polar surface area (TPSA) is 109 Å². The molecule has 2 amide bonds. The number of benzene rings is 3. The number of anilines is 1. The molecule has 44 heavy (non-hydrogen) atoms. The maximum absolute atomic E-state index is 13.0. The Balaban J connectivity index is 1.21. The summed E-state index contributed by atoms with van der Waals surface area (Å²) in [6, 6.07) is 23.5. The fraction of sp³-hybridized carbons (Fsp3) is 0.273. The molecule has 0 spiro atoms. The van der Waals surface area contributed by atoms with Gasteiger partial charge < -0.3 is 0 Å². The minimum atomic E-state index is -3.75. The van der Waals surface area contributed by atoms with Gasteiger partial charge in [-0.2, -0.15) is 0 Å². The quantitative estimate of drug-likeness (QED) is 0.165. The third kappa shape index (κ3) is 8.22. The van der Waals surface area contributed by atoms with Crippen LogP contribution in [0.1, 0.15) is 49.8 Å². The van der Waals surface area contributed by atoms with Crippen LogP contribution in [0.4, 0.5) is 5.82 Å². The van der Waals surface area contributed by atoms with Gasteiger partial charge in [0.15, 0.2) is 5.82 Å².